The molecule has 0 spiro atoms. The summed E-state index contributed by atoms with van der Waals surface area (Å²) in [5.74, 6) is -1.29. The standard InChI is InChI=1S/C12H9BrN2O3S/c1-2-5-15-11(17)8(10(16)14-12(15)18)6-7-3-4-9(13)19-7/h2-4,6H,1,5H2,(H,14,16,18)/b8-6+. The molecule has 1 fully saturated rings. The summed E-state index contributed by atoms with van der Waals surface area (Å²) in [5, 5.41) is 2.13. The zero-order valence-corrected chi connectivity index (χ0v) is 12.1. The second kappa shape index (κ2) is 5.50. The molecule has 0 aliphatic carbocycles. The van der Waals surface area contributed by atoms with Gasteiger partial charge in [-0.15, -0.1) is 17.9 Å². The molecule has 0 aromatic carbocycles. The maximum absolute atomic E-state index is 12.1. The highest BCUT2D eigenvalue weighted by molar-refractivity contribution is 9.11. The van der Waals surface area contributed by atoms with Crippen LogP contribution in [-0.4, -0.2) is 29.3 Å². The normalized spacial score (nSPS) is 17.8. The Kier molecular flexibility index (Phi) is 3.96. The molecule has 1 saturated heterocycles. The van der Waals surface area contributed by atoms with E-state index < -0.39 is 17.8 Å². The van der Waals surface area contributed by atoms with Crippen LogP contribution in [-0.2, 0) is 9.59 Å². The van der Waals surface area contributed by atoms with Gasteiger partial charge in [-0.25, -0.2) is 4.79 Å². The van der Waals surface area contributed by atoms with Crippen molar-refractivity contribution < 1.29 is 14.4 Å². The van der Waals surface area contributed by atoms with Gasteiger partial charge < -0.3 is 0 Å². The summed E-state index contributed by atoms with van der Waals surface area (Å²) in [5.41, 5.74) is -0.0594. The van der Waals surface area contributed by atoms with E-state index in [0.29, 0.717) is 0 Å². The molecule has 0 bridgehead atoms. The molecule has 2 heterocycles. The summed E-state index contributed by atoms with van der Waals surface area (Å²) >= 11 is 4.68. The van der Waals surface area contributed by atoms with Crippen LogP contribution in [0.5, 0.6) is 0 Å². The maximum Gasteiger partial charge on any atom is 0.331 e. The van der Waals surface area contributed by atoms with E-state index in [2.05, 4.69) is 27.8 Å². The van der Waals surface area contributed by atoms with Crippen LogP contribution >= 0.6 is 27.3 Å². The smallest absolute Gasteiger partial charge is 0.273 e. The van der Waals surface area contributed by atoms with E-state index in [-0.39, 0.29) is 12.1 Å². The Bertz CT molecular complexity index is 606. The fourth-order valence-electron chi connectivity index (χ4n) is 1.54. The number of nitrogens with one attached hydrogen (secondary N) is 1. The Hall–Kier alpha value is -1.73. The SMILES string of the molecule is C=CCN1C(=O)NC(=O)/C(=C\c2ccc(Br)s2)C1=O. The molecule has 1 aromatic heterocycles. The van der Waals surface area contributed by atoms with E-state index in [9.17, 15) is 14.4 Å². The van der Waals surface area contributed by atoms with Crippen molar-refractivity contribution in [3.05, 3.63) is 39.0 Å². The van der Waals surface area contributed by atoms with E-state index in [1.54, 1.807) is 6.07 Å². The number of rotatable bonds is 3. The number of urea groups is 1. The van der Waals surface area contributed by atoms with Crippen LogP contribution < -0.4 is 5.32 Å². The van der Waals surface area contributed by atoms with Crippen LogP contribution in [0.1, 0.15) is 4.88 Å². The number of halogens is 1. The number of imide groups is 2. The molecule has 1 aliphatic heterocycles. The molecule has 7 heteroatoms. The van der Waals surface area contributed by atoms with Crippen LogP contribution in [0.15, 0.2) is 34.1 Å². The highest BCUT2D eigenvalue weighted by Gasteiger charge is 2.34. The summed E-state index contributed by atoms with van der Waals surface area (Å²) in [4.78, 5) is 36.9. The zero-order chi connectivity index (χ0) is 14.0. The number of hydrogen-bond acceptors (Lipinski definition) is 4. The lowest BCUT2D eigenvalue weighted by Gasteiger charge is -2.24. The minimum absolute atomic E-state index is 0.0589. The van der Waals surface area contributed by atoms with E-state index in [0.717, 1.165) is 13.6 Å². The highest BCUT2D eigenvalue weighted by atomic mass is 79.9. The quantitative estimate of drug-likeness (QED) is 0.521. The lowest BCUT2D eigenvalue weighted by Crippen LogP contribution is -2.54. The van der Waals surface area contributed by atoms with Crippen molar-refractivity contribution in [1.82, 2.24) is 10.2 Å². The summed E-state index contributed by atoms with van der Waals surface area (Å²) in [6.07, 6.45) is 2.89. The monoisotopic (exact) mass is 340 g/mol. The van der Waals surface area contributed by atoms with Gasteiger partial charge in [-0.3, -0.25) is 19.8 Å². The predicted molar refractivity (Wildman–Crippen MR) is 75.4 cm³/mol. The Labute approximate surface area is 121 Å². The van der Waals surface area contributed by atoms with Gasteiger partial charge in [-0.05, 0) is 34.1 Å². The van der Waals surface area contributed by atoms with Gasteiger partial charge in [0, 0.05) is 11.4 Å². The fourth-order valence-corrected chi connectivity index (χ4v) is 2.90. The van der Waals surface area contributed by atoms with Crippen molar-refractivity contribution in [1.29, 1.82) is 0 Å². The topological polar surface area (TPSA) is 66.5 Å². The van der Waals surface area contributed by atoms with Gasteiger partial charge in [-0.2, -0.15) is 0 Å². The highest BCUT2D eigenvalue weighted by Crippen LogP contribution is 2.25. The third kappa shape index (κ3) is 2.82. The zero-order valence-electron chi connectivity index (χ0n) is 9.68. The van der Waals surface area contributed by atoms with Crippen LogP contribution in [0.4, 0.5) is 4.79 Å². The molecule has 0 saturated carbocycles. The fraction of sp³-hybridized carbons (Fsp3) is 0.0833. The molecular weight excluding hydrogens is 332 g/mol. The van der Waals surface area contributed by atoms with Gasteiger partial charge in [0.15, 0.2) is 0 Å². The Balaban J connectivity index is 2.35. The third-order valence-corrected chi connectivity index (χ3v) is 3.95. The molecule has 1 aliphatic rings. The lowest BCUT2D eigenvalue weighted by atomic mass is 10.1. The molecule has 2 rings (SSSR count). The Morgan fingerprint density at radius 2 is 2.11 bits per heavy atom. The van der Waals surface area contributed by atoms with Crippen molar-refractivity contribution >= 4 is 51.2 Å². The molecule has 0 radical (unpaired) electrons. The maximum atomic E-state index is 12.1. The van der Waals surface area contributed by atoms with Gasteiger partial charge in [0.25, 0.3) is 11.8 Å². The molecule has 5 nitrogen and oxygen atoms in total. The Morgan fingerprint density at radius 1 is 1.37 bits per heavy atom. The minimum atomic E-state index is -0.723. The van der Waals surface area contributed by atoms with Crippen LogP contribution in [0, 0.1) is 0 Å². The molecule has 4 amide bonds. The first-order valence-electron chi connectivity index (χ1n) is 5.28. The van der Waals surface area contributed by atoms with Crippen molar-refractivity contribution in [2.45, 2.75) is 0 Å². The largest absolute Gasteiger partial charge is 0.331 e. The summed E-state index contributed by atoms with van der Waals surface area (Å²) in [6.45, 7) is 3.53. The van der Waals surface area contributed by atoms with Crippen molar-refractivity contribution in [2.24, 2.45) is 0 Å². The molecule has 0 unspecified atom stereocenters. The second-order valence-electron chi connectivity index (χ2n) is 3.66. The summed E-state index contributed by atoms with van der Waals surface area (Å²) in [6, 6.07) is 2.87. The number of carbonyl (C=O) groups is 3. The van der Waals surface area contributed by atoms with Crippen LogP contribution in [0.25, 0.3) is 6.08 Å². The van der Waals surface area contributed by atoms with Gasteiger partial charge in [0.1, 0.15) is 5.57 Å². The van der Waals surface area contributed by atoms with Crippen LogP contribution in [0.2, 0.25) is 0 Å². The molecular formula is C12H9BrN2O3S. The molecule has 1 N–H and O–H groups in total. The third-order valence-electron chi connectivity index (χ3n) is 2.38. The number of hydrogen-bond donors (Lipinski definition) is 1. The van der Waals surface area contributed by atoms with Gasteiger partial charge in [0.2, 0.25) is 0 Å². The minimum Gasteiger partial charge on any atom is -0.273 e. The Morgan fingerprint density at radius 3 is 2.68 bits per heavy atom. The molecule has 1 aromatic rings. The second-order valence-corrected chi connectivity index (χ2v) is 6.16. The van der Waals surface area contributed by atoms with Gasteiger partial charge in [0.05, 0.1) is 3.79 Å². The molecule has 19 heavy (non-hydrogen) atoms. The average molecular weight is 341 g/mol. The predicted octanol–water partition coefficient (Wildman–Crippen LogP) is 2.16. The van der Waals surface area contributed by atoms with Gasteiger partial charge in [-0.1, -0.05) is 6.08 Å². The van der Waals surface area contributed by atoms with E-state index >= 15 is 0 Å². The van der Waals surface area contributed by atoms with E-state index in [1.165, 1.54) is 23.5 Å². The summed E-state index contributed by atoms with van der Waals surface area (Å²) < 4.78 is 0.891. The number of barbiturate groups is 1. The average Bonchev–Trinajstić information content (AvgIpc) is 2.76. The first-order chi connectivity index (χ1) is 9.02. The molecule has 0 atom stereocenters. The van der Waals surface area contributed by atoms with E-state index in [1.807, 2.05) is 6.07 Å². The number of amides is 4. The van der Waals surface area contributed by atoms with Crippen molar-refractivity contribution in [3.63, 3.8) is 0 Å². The van der Waals surface area contributed by atoms with E-state index in [4.69, 9.17) is 0 Å². The first kappa shape index (κ1) is 13.7. The number of thiophene rings is 1. The first-order valence-corrected chi connectivity index (χ1v) is 6.89. The number of nitrogens with zero attached hydrogens (tertiary/aromatic N) is 1. The molecule has 98 valence electrons. The number of carbonyl (C=O) groups excluding carboxylic acids is 3. The summed E-state index contributed by atoms with van der Waals surface area (Å²) in [7, 11) is 0. The van der Waals surface area contributed by atoms with Crippen LogP contribution in [0.3, 0.4) is 0 Å². The van der Waals surface area contributed by atoms with Crippen molar-refractivity contribution in [3.8, 4) is 0 Å². The van der Waals surface area contributed by atoms with Gasteiger partial charge >= 0.3 is 6.03 Å². The van der Waals surface area contributed by atoms with Crippen molar-refractivity contribution in [2.75, 3.05) is 6.54 Å². The lowest BCUT2D eigenvalue weighted by molar-refractivity contribution is -0.129.